The summed E-state index contributed by atoms with van der Waals surface area (Å²) < 4.78 is 0. The standard InChI is InChI=1S/C16H32N2/c1-12(2)5-6-13(3)17-11-14-9-15-7-8-16(10-14)18(15)4/h12-17H,5-11H2,1-4H3. The van der Waals surface area contributed by atoms with Crippen LogP contribution in [0.4, 0.5) is 0 Å². The van der Waals surface area contributed by atoms with Crippen molar-refractivity contribution in [3.05, 3.63) is 0 Å². The van der Waals surface area contributed by atoms with Gasteiger partial charge < -0.3 is 10.2 Å². The highest BCUT2D eigenvalue weighted by Crippen LogP contribution is 2.37. The van der Waals surface area contributed by atoms with E-state index in [1.54, 1.807) is 0 Å². The van der Waals surface area contributed by atoms with Gasteiger partial charge in [-0.05, 0) is 70.9 Å². The Labute approximate surface area is 114 Å². The topological polar surface area (TPSA) is 15.3 Å². The Bertz CT molecular complexity index is 237. The average molecular weight is 252 g/mol. The van der Waals surface area contributed by atoms with E-state index in [4.69, 9.17) is 0 Å². The van der Waals surface area contributed by atoms with Crippen molar-refractivity contribution in [2.45, 2.75) is 77.4 Å². The van der Waals surface area contributed by atoms with Crippen LogP contribution in [0, 0.1) is 11.8 Å². The van der Waals surface area contributed by atoms with E-state index in [9.17, 15) is 0 Å². The van der Waals surface area contributed by atoms with E-state index in [-0.39, 0.29) is 0 Å². The average Bonchev–Trinajstić information content (AvgIpc) is 2.55. The summed E-state index contributed by atoms with van der Waals surface area (Å²) in [6.07, 6.45) is 8.43. The molecule has 2 heteroatoms. The molecule has 2 aliphatic rings. The van der Waals surface area contributed by atoms with Crippen molar-refractivity contribution in [3.63, 3.8) is 0 Å². The van der Waals surface area contributed by atoms with Gasteiger partial charge in [-0.25, -0.2) is 0 Å². The molecule has 106 valence electrons. The van der Waals surface area contributed by atoms with Gasteiger partial charge in [0.25, 0.3) is 0 Å². The number of rotatable bonds is 6. The van der Waals surface area contributed by atoms with Gasteiger partial charge in [-0.1, -0.05) is 13.8 Å². The Morgan fingerprint density at radius 3 is 2.22 bits per heavy atom. The molecule has 2 saturated heterocycles. The molecule has 2 rings (SSSR count). The van der Waals surface area contributed by atoms with Crippen molar-refractivity contribution in [3.8, 4) is 0 Å². The van der Waals surface area contributed by atoms with E-state index in [1.165, 1.54) is 45.1 Å². The fourth-order valence-corrected chi connectivity index (χ4v) is 3.74. The van der Waals surface area contributed by atoms with Crippen LogP contribution < -0.4 is 5.32 Å². The summed E-state index contributed by atoms with van der Waals surface area (Å²) in [5.41, 5.74) is 0. The molecule has 1 N–H and O–H groups in total. The molecule has 18 heavy (non-hydrogen) atoms. The smallest absolute Gasteiger partial charge is 0.00988 e. The third-order valence-electron chi connectivity index (χ3n) is 5.13. The Morgan fingerprint density at radius 1 is 1.06 bits per heavy atom. The molecule has 3 unspecified atom stereocenters. The fourth-order valence-electron chi connectivity index (χ4n) is 3.74. The number of hydrogen-bond donors (Lipinski definition) is 1. The lowest BCUT2D eigenvalue weighted by atomic mass is 9.90. The molecular weight excluding hydrogens is 220 g/mol. The zero-order valence-electron chi connectivity index (χ0n) is 12.8. The second-order valence-corrected chi connectivity index (χ2v) is 7.17. The second-order valence-electron chi connectivity index (χ2n) is 7.17. The third kappa shape index (κ3) is 3.71. The van der Waals surface area contributed by atoms with Gasteiger partial charge in [-0.2, -0.15) is 0 Å². The Morgan fingerprint density at radius 2 is 1.67 bits per heavy atom. The van der Waals surface area contributed by atoms with Crippen LogP contribution in [-0.4, -0.2) is 36.6 Å². The first-order valence-electron chi connectivity index (χ1n) is 8.01. The summed E-state index contributed by atoms with van der Waals surface area (Å²) >= 11 is 0. The van der Waals surface area contributed by atoms with Gasteiger partial charge in [0.15, 0.2) is 0 Å². The maximum atomic E-state index is 3.77. The Balaban J connectivity index is 1.65. The van der Waals surface area contributed by atoms with Crippen molar-refractivity contribution >= 4 is 0 Å². The normalized spacial score (nSPS) is 34.2. The predicted octanol–water partition coefficient (Wildman–Crippen LogP) is 3.27. The van der Waals surface area contributed by atoms with Gasteiger partial charge in [-0.3, -0.25) is 0 Å². The maximum Gasteiger partial charge on any atom is 0.00988 e. The van der Waals surface area contributed by atoms with E-state index in [0.717, 1.165) is 23.9 Å². The second kappa shape index (κ2) is 6.38. The van der Waals surface area contributed by atoms with E-state index in [1.807, 2.05) is 0 Å². The van der Waals surface area contributed by atoms with Gasteiger partial charge >= 0.3 is 0 Å². The molecule has 0 aromatic carbocycles. The first-order chi connectivity index (χ1) is 8.56. The largest absolute Gasteiger partial charge is 0.314 e. The highest BCUT2D eigenvalue weighted by atomic mass is 15.2. The van der Waals surface area contributed by atoms with Crippen LogP contribution in [0.25, 0.3) is 0 Å². The van der Waals surface area contributed by atoms with Crippen LogP contribution in [0.2, 0.25) is 0 Å². The molecule has 0 aromatic rings. The zero-order chi connectivity index (χ0) is 13.1. The number of nitrogens with zero attached hydrogens (tertiary/aromatic N) is 1. The number of piperidine rings is 1. The van der Waals surface area contributed by atoms with Crippen LogP contribution in [0.3, 0.4) is 0 Å². The first kappa shape index (κ1) is 14.3. The molecule has 2 heterocycles. The van der Waals surface area contributed by atoms with Crippen molar-refractivity contribution < 1.29 is 0 Å². The molecule has 2 nitrogen and oxygen atoms in total. The van der Waals surface area contributed by atoms with Crippen molar-refractivity contribution in [2.75, 3.05) is 13.6 Å². The minimum absolute atomic E-state index is 0.699. The first-order valence-corrected chi connectivity index (χ1v) is 8.01. The molecule has 0 aromatic heterocycles. The van der Waals surface area contributed by atoms with Crippen LogP contribution in [0.5, 0.6) is 0 Å². The van der Waals surface area contributed by atoms with E-state index in [0.29, 0.717) is 6.04 Å². The fraction of sp³-hybridized carbons (Fsp3) is 1.00. The SMILES string of the molecule is CC(C)CCC(C)NCC1CC2CCC(C1)N2C. The molecule has 0 saturated carbocycles. The van der Waals surface area contributed by atoms with E-state index < -0.39 is 0 Å². The Kier molecular flexibility index (Phi) is 5.08. The van der Waals surface area contributed by atoms with Crippen molar-refractivity contribution in [2.24, 2.45) is 11.8 Å². The van der Waals surface area contributed by atoms with Crippen molar-refractivity contribution in [1.82, 2.24) is 10.2 Å². The van der Waals surface area contributed by atoms with Crippen molar-refractivity contribution in [1.29, 1.82) is 0 Å². The maximum absolute atomic E-state index is 3.77. The quantitative estimate of drug-likeness (QED) is 0.780. The molecular formula is C16H32N2. The van der Waals surface area contributed by atoms with E-state index >= 15 is 0 Å². The van der Waals surface area contributed by atoms with Gasteiger partial charge in [-0.15, -0.1) is 0 Å². The molecule has 2 aliphatic heterocycles. The predicted molar refractivity (Wildman–Crippen MR) is 78.8 cm³/mol. The van der Waals surface area contributed by atoms with Crippen LogP contribution in [0.15, 0.2) is 0 Å². The summed E-state index contributed by atoms with van der Waals surface area (Å²) in [6, 6.07) is 2.48. The van der Waals surface area contributed by atoms with Crippen LogP contribution in [0.1, 0.15) is 59.3 Å². The lowest BCUT2D eigenvalue weighted by Crippen LogP contribution is -2.43. The summed E-state index contributed by atoms with van der Waals surface area (Å²) in [4.78, 5) is 2.64. The van der Waals surface area contributed by atoms with Gasteiger partial charge in [0.05, 0.1) is 0 Å². The molecule has 3 atom stereocenters. The molecule has 2 bridgehead atoms. The number of hydrogen-bond acceptors (Lipinski definition) is 2. The monoisotopic (exact) mass is 252 g/mol. The van der Waals surface area contributed by atoms with Gasteiger partial charge in [0.1, 0.15) is 0 Å². The summed E-state index contributed by atoms with van der Waals surface area (Å²) in [7, 11) is 2.33. The Hall–Kier alpha value is -0.0800. The third-order valence-corrected chi connectivity index (χ3v) is 5.13. The van der Waals surface area contributed by atoms with Gasteiger partial charge in [0.2, 0.25) is 0 Å². The molecule has 0 aliphatic carbocycles. The number of nitrogens with one attached hydrogen (secondary N) is 1. The molecule has 0 radical (unpaired) electrons. The minimum Gasteiger partial charge on any atom is -0.314 e. The molecule has 0 spiro atoms. The van der Waals surface area contributed by atoms with E-state index in [2.05, 4.69) is 38.0 Å². The summed E-state index contributed by atoms with van der Waals surface area (Å²) in [5.74, 6) is 1.77. The highest BCUT2D eigenvalue weighted by molar-refractivity contribution is 4.93. The minimum atomic E-state index is 0.699. The summed E-state index contributed by atoms with van der Waals surface area (Å²) in [5, 5.41) is 3.77. The molecule has 0 amide bonds. The lowest BCUT2D eigenvalue weighted by Gasteiger charge is -2.36. The lowest BCUT2D eigenvalue weighted by molar-refractivity contribution is 0.131. The van der Waals surface area contributed by atoms with Crippen LogP contribution in [-0.2, 0) is 0 Å². The molecule has 2 fully saturated rings. The van der Waals surface area contributed by atoms with Crippen LogP contribution >= 0.6 is 0 Å². The highest BCUT2D eigenvalue weighted by Gasteiger charge is 2.38. The van der Waals surface area contributed by atoms with Gasteiger partial charge in [0, 0.05) is 18.1 Å². The number of fused-ring (bicyclic) bond motifs is 2. The zero-order valence-corrected chi connectivity index (χ0v) is 12.8. The summed E-state index contributed by atoms with van der Waals surface area (Å²) in [6.45, 7) is 8.24.